The third-order valence-electron chi connectivity index (χ3n) is 1.83. The Labute approximate surface area is 110 Å². The molecule has 0 aliphatic carbocycles. The summed E-state index contributed by atoms with van der Waals surface area (Å²) in [5.41, 5.74) is 0. The molecule has 2 aromatic rings. The maximum absolute atomic E-state index is 13.2. The summed E-state index contributed by atoms with van der Waals surface area (Å²) in [6.07, 6.45) is 0. The second-order valence-corrected chi connectivity index (χ2v) is 7.26. The first-order chi connectivity index (χ1) is 7.99. The maximum atomic E-state index is 13.2. The van der Waals surface area contributed by atoms with Gasteiger partial charge in [0.25, 0.3) is 0 Å². The molecule has 0 unspecified atom stereocenters. The lowest BCUT2D eigenvalue weighted by atomic mass is 10.3. The van der Waals surface area contributed by atoms with Crippen LogP contribution in [0.4, 0.5) is 4.39 Å². The molecule has 0 fully saturated rings. The van der Waals surface area contributed by atoms with E-state index in [0.717, 1.165) is 17.4 Å². The van der Waals surface area contributed by atoms with Crippen molar-refractivity contribution in [1.82, 2.24) is 0 Å². The highest BCUT2D eigenvalue weighted by molar-refractivity contribution is 9.11. The minimum absolute atomic E-state index is 0.0210. The molecular formula is C10H6BrFO3S2. The molecule has 0 aliphatic heterocycles. The number of halogens is 2. The van der Waals surface area contributed by atoms with E-state index in [4.69, 9.17) is 4.18 Å². The lowest BCUT2D eigenvalue weighted by molar-refractivity contribution is 0.463. The monoisotopic (exact) mass is 336 g/mol. The number of hydrogen-bond acceptors (Lipinski definition) is 4. The van der Waals surface area contributed by atoms with E-state index in [1.807, 2.05) is 0 Å². The Bertz CT molecular complexity index is 637. The second-order valence-electron chi connectivity index (χ2n) is 3.03. The Morgan fingerprint density at radius 3 is 2.47 bits per heavy atom. The highest BCUT2D eigenvalue weighted by atomic mass is 79.9. The third-order valence-corrected chi connectivity index (χ3v) is 5.14. The van der Waals surface area contributed by atoms with E-state index in [1.54, 1.807) is 6.07 Å². The normalized spacial score (nSPS) is 11.4. The molecule has 0 N–H and O–H groups in total. The van der Waals surface area contributed by atoms with Gasteiger partial charge in [-0.3, -0.25) is 0 Å². The average Bonchev–Trinajstić information content (AvgIpc) is 2.69. The fraction of sp³-hybridized carbons (Fsp3) is 0. The third kappa shape index (κ3) is 2.85. The van der Waals surface area contributed by atoms with Crippen molar-refractivity contribution in [2.45, 2.75) is 4.21 Å². The van der Waals surface area contributed by atoms with Crippen molar-refractivity contribution in [3.05, 3.63) is 46.0 Å². The van der Waals surface area contributed by atoms with E-state index in [0.29, 0.717) is 3.79 Å². The molecule has 0 amide bonds. The smallest absolute Gasteiger partial charge is 0.348 e. The second kappa shape index (κ2) is 4.75. The number of thiophene rings is 1. The van der Waals surface area contributed by atoms with Crippen LogP contribution in [0.15, 0.2) is 44.4 Å². The summed E-state index contributed by atoms with van der Waals surface area (Å²) in [5, 5.41) is 0. The molecule has 17 heavy (non-hydrogen) atoms. The molecule has 0 aliphatic rings. The van der Waals surface area contributed by atoms with Crippen LogP contribution in [0.3, 0.4) is 0 Å². The zero-order valence-corrected chi connectivity index (χ0v) is 11.5. The van der Waals surface area contributed by atoms with Crippen molar-refractivity contribution >= 4 is 37.4 Å². The van der Waals surface area contributed by atoms with Crippen molar-refractivity contribution in [2.24, 2.45) is 0 Å². The number of para-hydroxylation sites is 1. The van der Waals surface area contributed by atoms with Crippen LogP contribution in [0.2, 0.25) is 0 Å². The van der Waals surface area contributed by atoms with Gasteiger partial charge in [-0.25, -0.2) is 4.39 Å². The summed E-state index contributed by atoms with van der Waals surface area (Å²) in [4.78, 5) is 0. The van der Waals surface area contributed by atoms with Gasteiger partial charge < -0.3 is 4.18 Å². The minimum Gasteiger partial charge on any atom is -0.375 e. The molecule has 1 aromatic carbocycles. The van der Waals surface area contributed by atoms with Crippen LogP contribution in [0.25, 0.3) is 0 Å². The van der Waals surface area contributed by atoms with Gasteiger partial charge in [0.05, 0.1) is 3.79 Å². The molecule has 2 rings (SSSR count). The predicted octanol–water partition coefficient (Wildman–Crippen LogP) is 3.42. The summed E-state index contributed by atoms with van der Waals surface area (Å²) < 4.78 is 42.2. The Hall–Kier alpha value is -0.920. The topological polar surface area (TPSA) is 43.4 Å². The molecule has 0 atom stereocenters. The van der Waals surface area contributed by atoms with E-state index < -0.39 is 15.9 Å². The molecule has 0 bridgehead atoms. The van der Waals surface area contributed by atoms with Gasteiger partial charge in [0, 0.05) is 0 Å². The van der Waals surface area contributed by atoms with Gasteiger partial charge >= 0.3 is 10.1 Å². The van der Waals surface area contributed by atoms with Gasteiger partial charge in [0.2, 0.25) is 0 Å². The van der Waals surface area contributed by atoms with Gasteiger partial charge in [0.15, 0.2) is 15.8 Å². The molecular weight excluding hydrogens is 331 g/mol. The quantitative estimate of drug-likeness (QED) is 0.806. The summed E-state index contributed by atoms with van der Waals surface area (Å²) in [7, 11) is -3.97. The standard InChI is InChI=1S/C10H6BrFO3S2/c11-9-5-6-10(16-9)17(13,14)15-8-4-2-1-3-7(8)12/h1-6H. The summed E-state index contributed by atoms with van der Waals surface area (Å²) in [5.74, 6) is -1.02. The van der Waals surface area contributed by atoms with E-state index in [2.05, 4.69) is 15.9 Å². The lowest BCUT2D eigenvalue weighted by Crippen LogP contribution is -2.08. The Morgan fingerprint density at radius 1 is 1.18 bits per heavy atom. The maximum Gasteiger partial charge on any atom is 0.348 e. The first kappa shape index (κ1) is 12.5. The highest BCUT2D eigenvalue weighted by Crippen LogP contribution is 2.29. The molecule has 0 saturated heterocycles. The first-order valence-corrected chi connectivity index (χ1v) is 7.45. The fourth-order valence-electron chi connectivity index (χ4n) is 1.10. The number of rotatable bonds is 3. The van der Waals surface area contributed by atoms with Crippen molar-refractivity contribution in [1.29, 1.82) is 0 Å². The highest BCUT2D eigenvalue weighted by Gasteiger charge is 2.20. The average molecular weight is 337 g/mol. The van der Waals surface area contributed by atoms with E-state index in [-0.39, 0.29) is 9.96 Å². The van der Waals surface area contributed by atoms with Crippen LogP contribution in [0.5, 0.6) is 5.75 Å². The van der Waals surface area contributed by atoms with Crippen molar-refractivity contribution in [3.8, 4) is 5.75 Å². The lowest BCUT2D eigenvalue weighted by Gasteiger charge is -2.05. The van der Waals surface area contributed by atoms with Crippen LogP contribution in [0, 0.1) is 5.82 Å². The van der Waals surface area contributed by atoms with Crippen LogP contribution in [-0.4, -0.2) is 8.42 Å². The molecule has 90 valence electrons. The minimum atomic E-state index is -3.97. The van der Waals surface area contributed by atoms with Gasteiger partial charge in [-0.15, -0.1) is 11.3 Å². The van der Waals surface area contributed by atoms with Gasteiger partial charge in [-0.2, -0.15) is 8.42 Å². The molecule has 1 aromatic heterocycles. The van der Waals surface area contributed by atoms with Crippen LogP contribution >= 0.6 is 27.3 Å². The van der Waals surface area contributed by atoms with Crippen LogP contribution < -0.4 is 4.18 Å². The molecule has 7 heteroatoms. The first-order valence-electron chi connectivity index (χ1n) is 4.43. The van der Waals surface area contributed by atoms with Gasteiger partial charge in [-0.05, 0) is 40.2 Å². The Morgan fingerprint density at radius 2 is 1.88 bits per heavy atom. The van der Waals surface area contributed by atoms with E-state index >= 15 is 0 Å². The summed E-state index contributed by atoms with van der Waals surface area (Å²) in [6.45, 7) is 0. The van der Waals surface area contributed by atoms with Crippen molar-refractivity contribution in [2.75, 3.05) is 0 Å². The van der Waals surface area contributed by atoms with E-state index in [9.17, 15) is 12.8 Å². The predicted molar refractivity (Wildman–Crippen MR) is 66.2 cm³/mol. The number of benzene rings is 1. The molecule has 3 nitrogen and oxygen atoms in total. The van der Waals surface area contributed by atoms with Crippen molar-refractivity contribution in [3.63, 3.8) is 0 Å². The Balaban J connectivity index is 2.33. The Kier molecular flexibility index (Phi) is 3.50. The molecule has 0 saturated carbocycles. The molecule has 0 spiro atoms. The fourth-order valence-corrected chi connectivity index (χ4v) is 4.01. The zero-order valence-electron chi connectivity index (χ0n) is 8.26. The summed E-state index contributed by atoms with van der Waals surface area (Å²) in [6, 6.07) is 8.33. The van der Waals surface area contributed by atoms with Crippen LogP contribution in [0.1, 0.15) is 0 Å². The van der Waals surface area contributed by atoms with Crippen molar-refractivity contribution < 1.29 is 17.0 Å². The molecule has 0 radical (unpaired) electrons. The van der Waals surface area contributed by atoms with Gasteiger partial charge in [-0.1, -0.05) is 12.1 Å². The van der Waals surface area contributed by atoms with E-state index in [1.165, 1.54) is 24.3 Å². The zero-order chi connectivity index (χ0) is 12.5. The number of hydrogen-bond donors (Lipinski definition) is 0. The summed E-state index contributed by atoms with van der Waals surface area (Å²) >= 11 is 4.15. The van der Waals surface area contributed by atoms with Crippen LogP contribution in [-0.2, 0) is 10.1 Å². The van der Waals surface area contributed by atoms with Gasteiger partial charge in [0.1, 0.15) is 0 Å². The SMILES string of the molecule is O=S(=O)(Oc1ccccc1F)c1ccc(Br)s1. The molecule has 1 heterocycles. The largest absolute Gasteiger partial charge is 0.375 e.